The van der Waals surface area contributed by atoms with Gasteiger partial charge in [0, 0.05) is 49.0 Å². The molecule has 1 aromatic heterocycles. The van der Waals surface area contributed by atoms with E-state index in [4.69, 9.17) is 9.63 Å². The molecule has 4 rings (SSSR count). The minimum atomic E-state index is -4.54. The van der Waals surface area contributed by atoms with Gasteiger partial charge in [-0.05, 0) is 62.1 Å². The van der Waals surface area contributed by atoms with Crippen LogP contribution in [0, 0.1) is 0 Å². The molecule has 0 aliphatic carbocycles. The van der Waals surface area contributed by atoms with Gasteiger partial charge in [-0.3, -0.25) is 9.69 Å². The van der Waals surface area contributed by atoms with Crippen LogP contribution in [0.15, 0.2) is 40.9 Å². The van der Waals surface area contributed by atoms with Crippen LogP contribution in [0.4, 0.5) is 18.9 Å². The number of carboxylic acids is 1. The maximum Gasteiger partial charge on any atom is 0.418 e. The molecule has 10 heteroatoms. The molecule has 0 fully saturated rings. The molecule has 0 saturated heterocycles. The van der Waals surface area contributed by atoms with Crippen LogP contribution in [0.2, 0.25) is 0 Å². The highest BCUT2D eigenvalue weighted by atomic mass is 19.4. The summed E-state index contributed by atoms with van der Waals surface area (Å²) in [6, 6.07) is 9.88. The van der Waals surface area contributed by atoms with E-state index in [2.05, 4.69) is 15.0 Å². The van der Waals surface area contributed by atoms with Crippen molar-refractivity contribution in [2.75, 3.05) is 24.5 Å². The van der Waals surface area contributed by atoms with Crippen LogP contribution in [0.25, 0.3) is 22.8 Å². The number of anilines is 1. The second-order valence-electron chi connectivity index (χ2n) is 9.95. The van der Waals surface area contributed by atoms with Crippen molar-refractivity contribution in [1.29, 1.82) is 0 Å². The van der Waals surface area contributed by atoms with E-state index in [1.807, 2.05) is 39.0 Å². The fourth-order valence-corrected chi connectivity index (χ4v) is 4.79. The number of fused-ring (bicyclic) bond motifs is 1. The first-order valence-corrected chi connectivity index (χ1v) is 12.9. The quantitative estimate of drug-likeness (QED) is 0.331. The van der Waals surface area contributed by atoms with Gasteiger partial charge in [0.05, 0.1) is 12.0 Å². The summed E-state index contributed by atoms with van der Waals surface area (Å²) in [6.07, 6.45) is -1.97. The predicted molar refractivity (Wildman–Crippen MR) is 139 cm³/mol. The average Bonchev–Trinajstić information content (AvgIpc) is 3.37. The maximum atomic E-state index is 14.1. The second-order valence-corrected chi connectivity index (χ2v) is 9.95. The van der Waals surface area contributed by atoms with Crippen LogP contribution in [0.3, 0.4) is 0 Å². The van der Waals surface area contributed by atoms with Gasteiger partial charge in [-0.25, -0.2) is 0 Å². The molecule has 2 heterocycles. The lowest BCUT2D eigenvalue weighted by Gasteiger charge is -2.31. The SMILES string of the molecule is CCCCN(c1ccc(-c2nc(-c3ccc4c(c3)CN(CCC(=O)O)CC4)no2)cc1C(F)(F)F)C(C)C. The molecule has 3 aromatic rings. The number of rotatable bonds is 10. The molecule has 0 spiro atoms. The Labute approximate surface area is 220 Å². The molecule has 1 N–H and O–H groups in total. The topological polar surface area (TPSA) is 82.7 Å². The molecule has 1 aliphatic rings. The van der Waals surface area contributed by atoms with Crippen molar-refractivity contribution >= 4 is 11.7 Å². The molecule has 0 bridgehead atoms. The lowest BCUT2D eigenvalue weighted by molar-refractivity contribution is -0.138. The summed E-state index contributed by atoms with van der Waals surface area (Å²) in [5, 5.41) is 13.0. The number of nitrogens with zero attached hydrogens (tertiary/aromatic N) is 4. The predicted octanol–water partition coefficient (Wildman–Crippen LogP) is 6.27. The minimum absolute atomic E-state index is 0.0162. The van der Waals surface area contributed by atoms with E-state index in [1.54, 1.807) is 11.0 Å². The molecule has 0 amide bonds. The van der Waals surface area contributed by atoms with Crippen LogP contribution >= 0.6 is 0 Å². The number of carbonyl (C=O) groups is 1. The first-order valence-electron chi connectivity index (χ1n) is 12.9. The van der Waals surface area contributed by atoms with Gasteiger partial charge >= 0.3 is 12.1 Å². The highest BCUT2D eigenvalue weighted by Crippen LogP contribution is 2.40. The van der Waals surface area contributed by atoms with E-state index in [0.29, 0.717) is 25.2 Å². The summed E-state index contributed by atoms with van der Waals surface area (Å²) in [6.45, 7) is 8.19. The Morgan fingerprint density at radius 2 is 1.92 bits per heavy atom. The number of aromatic nitrogens is 2. The van der Waals surface area contributed by atoms with Crippen molar-refractivity contribution in [1.82, 2.24) is 15.0 Å². The zero-order chi connectivity index (χ0) is 27.4. The number of hydrogen-bond donors (Lipinski definition) is 1. The van der Waals surface area contributed by atoms with E-state index in [1.165, 1.54) is 11.6 Å². The molecule has 0 radical (unpaired) electrons. The molecule has 0 unspecified atom stereocenters. The van der Waals surface area contributed by atoms with Gasteiger partial charge in [0.1, 0.15) is 0 Å². The number of carboxylic acid groups (broad SMARTS) is 1. The lowest BCUT2D eigenvalue weighted by Crippen LogP contribution is -2.33. The van der Waals surface area contributed by atoms with Crippen LogP contribution in [-0.2, 0) is 23.9 Å². The Balaban J connectivity index is 1.61. The van der Waals surface area contributed by atoms with Crippen molar-refractivity contribution in [2.45, 2.75) is 65.2 Å². The first kappa shape index (κ1) is 27.6. The van der Waals surface area contributed by atoms with Crippen molar-refractivity contribution in [3.63, 3.8) is 0 Å². The van der Waals surface area contributed by atoms with Crippen LogP contribution in [0.5, 0.6) is 0 Å². The zero-order valence-corrected chi connectivity index (χ0v) is 21.9. The highest BCUT2D eigenvalue weighted by molar-refractivity contribution is 5.67. The Bertz CT molecular complexity index is 1270. The smallest absolute Gasteiger partial charge is 0.418 e. The van der Waals surface area contributed by atoms with Gasteiger partial charge in [-0.1, -0.05) is 30.6 Å². The lowest BCUT2D eigenvalue weighted by atomic mass is 9.97. The van der Waals surface area contributed by atoms with E-state index in [9.17, 15) is 18.0 Å². The summed E-state index contributed by atoms with van der Waals surface area (Å²) >= 11 is 0. The fraction of sp³-hybridized carbons (Fsp3) is 0.464. The largest absolute Gasteiger partial charge is 0.481 e. The molecule has 1 aliphatic heterocycles. The Morgan fingerprint density at radius 1 is 1.16 bits per heavy atom. The number of hydrogen-bond acceptors (Lipinski definition) is 6. The van der Waals surface area contributed by atoms with Gasteiger partial charge in [0.15, 0.2) is 0 Å². The third kappa shape index (κ3) is 6.35. The number of alkyl halides is 3. The molecule has 2 aromatic carbocycles. The Kier molecular flexibility index (Phi) is 8.40. The van der Waals surface area contributed by atoms with E-state index in [-0.39, 0.29) is 35.4 Å². The fourth-order valence-electron chi connectivity index (χ4n) is 4.79. The van der Waals surface area contributed by atoms with E-state index in [0.717, 1.165) is 37.4 Å². The third-order valence-electron chi connectivity index (χ3n) is 6.86. The van der Waals surface area contributed by atoms with Crippen LogP contribution in [0.1, 0.15) is 56.7 Å². The molecule has 0 saturated carbocycles. The normalized spacial score (nSPS) is 14.1. The van der Waals surface area contributed by atoms with Gasteiger partial charge < -0.3 is 14.5 Å². The number of halogens is 3. The number of aliphatic carboxylic acids is 1. The summed E-state index contributed by atoms with van der Waals surface area (Å²) in [4.78, 5) is 19.2. The molecule has 204 valence electrons. The summed E-state index contributed by atoms with van der Waals surface area (Å²) in [7, 11) is 0. The van der Waals surface area contributed by atoms with Crippen LogP contribution < -0.4 is 4.90 Å². The molecular weight excluding hydrogens is 497 g/mol. The molecule has 38 heavy (non-hydrogen) atoms. The Hall–Kier alpha value is -3.40. The second kappa shape index (κ2) is 11.6. The molecular formula is C28H33F3N4O3. The van der Waals surface area contributed by atoms with Crippen molar-refractivity contribution in [2.24, 2.45) is 0 Å². The van der Waals surface area contributed by atoms with Crippen LogP contribution in [-0.4, -0.2) is 51.8 Å². The summed E-state index contributed by atoms with van der Waals surface area (Å²) in [5.74, 6) is -0.527. The van der Waals surface area contributed by atoms with Crippen molar-refractivity contribution in [3.05, 3.63) is 53.1 Å². The standard InChI is InChI=1S/C28H33F3N4O3/c1-4-5-12-35(18(2)3)24-9-8-21(16-23(24)28(29,30)31)27-32-26(33-38-27)20-7-6-19-10-13-34(14-11-25(36)37)17-22(19)15-20/h6-9,15-16,18H,4-5,10-14,17H2,1-3H3,(H,36,37). The number of unbranched alkanes of at least 4 members (excludes halogenated alkanes) is 1. The first-order chi connectivity index (χ1) is 18.1. The van der Waals surface area contributed by atoms with Crippen molar-refractivity contribution in [3.8, 4) is 22.8 Å². The summed E-state index contributed by atoms with van der Waals surface area (Å²) in [5.41, 5.74) is 2.54. The van der Waals surface area contributed by atoms with Gasteiger partial charge in [-0.15, -0.1) is 0 Å². The van der Waals surface area contributed by atoms with Gasteiger partial charge in [-0.2, -0.15) is 18.2 Å². The third-order valence-corrected chi connectivity index (χ3v) is 6.86. The maximum absolute atomic E-state index is 14.1. The molecule has 0 atom stereocenters. The zero-order valence-electron chi connectivity index (χ0n) is 21.9. The average molecular weight is 531 g/mol. The van der Waals surface area contributed by atoms with Gasteiger partial charge in [0.25, 0.3) is 5.89 Å². The van der Waals surface area contributed by atoms with Crippen molar-refractivity contribution < 1.29 is 27.6 Å². The van der Waals surface area contributed by atoms with E-state index >= 15 is 0 Å². The highest BCUT2D eigenvalue weighted by Gasteiger charge is 2.36. The number of benzene rings is 2. The minimum Gasteiger partial charge on any atom is -0.481 e. The Morgan fingerprint density at radius 3 is 2.61 bits per heavy atom. The van der Waals surface area contributed by atoms with Gasteiger partial charge in [0.2, 0.25) is 5.82 Å². The molecule has 7 nitrogen and oxygen atoms in total. The monoisotopic (exact) mass is 530 g/mol. The van der Waals surface area contributed by atoms with E-state index < -0.39 is 17.7 Å². The summed E-state index contributed by atoms with van der Waals surface area (Å²) < 4.78 is 47.8.